The third-order valence-corrected chi connectivity index (χ3v) is 10.9. The number of para-hydroxylation sites is 1. The van der Waals surface area contributed by atoms with E-state index >= 15 is 0 Å². The fraction of sp³-hybridized carbons (Fsp3) is 0. The molecular weight excluding hydrogens is 683 g/mol. The lowest BCUT2D eigenvalue weighted by Gasteiger charge is -2.19. The van der Waals surface area contributed by atoms with E-state index in [2.05, 4.69) is 161 Å². The monoisotopic (exact) mass is 715 g/mol. The first-order chi connectivity index (χ1) is 27.8. The Kier molecular flexibility index (Phi) is 7.46. The second kappa shape index (κ2) is 13.1. The number of fused-ring (bicyclic) bond motifs is 4. The third kappa shape index (κ3) is 5.31. The normalized spacial score (nSPS) is 11.6. The molecule has 0 saturated carbocycles. The number of benzene rings is 9. The van der Waals surface area contributed by atoms with Crippen molar-refractivity contribution < 1.29 is 4.42 Å². The first kappa shape index (κ1) is 31.9. The number of nitrogens with zero attached hydrogens (tertiary/aromatic N) is 3. The van der Waals surface area contributed by atoms with E-state index in [0.29, 0.717) is 11.6 Å². The molecule has 2 aromatic heterocycles. The van der Waals surface area contributed by atoms with Gasteiger partial charge in [0.25, 0.3) is 0 Å². The van der Waals surface area contributed by atoms with Crippen molar-refractivity contribution in [3.8, 4) is 62.2 Å². The van der Waals surface area contributed by atoms with E-state index in [1.807, 2.05) is 48.5 Å². The minimum Gasteiger partial charge on any atom is -0.453 e. The Morgan fingerprint density at radius 2 is 0.821 bits per heavy atom. The molecule has 11 rings (SSSR count). The van der Waals surface area contributed by atoms with E-state index in [4.69, 9.17) is 9.52 Å². The zero-order valence-corrected chi connectivity index (χ0v) is 30.3. The molecule has 0 aliphatic heterocycles. The van der Waals surface area contributed by atoms with Crippen molar-refractivity contribution in [3.05, 3.63) is 200 Å². The largest absolute Gasteiger partial charge is 0.453 e. The Bertz CT molecular complexity index is 3250. The highest BCUT2D eigenvalue weighted by molar-refractivity contribution is 6.22. The van der Waals surface area contributed by atoms with Gasteiger partial charge in [0.1, 0.15) is 5.76 Å². The Labute approximate surface area is 323 Å². The summed E-state index contributed by atoms with van der Waals surface area (Å²) in [6.07, 6.45) is 0. The van der Waals surface area contributed by atoms with E-state index in [-0.39, 0.29) is 0 Å². The van der Waals surface area contributed by atoms with Gasteiger partial charge < -0.3 is 4.42 Å². The highest BCUT2D eigenvalue weighted by Gasteiger charge is 2.22. The van der Waals surface area contributed by atoms with Crippen LogP contribution in [0.4, 0.5) is 0 Å². The number of aromatic nitrogens is 3. The predicted molar refractivity (Wildman–Crippen MR) is 231 cm³/mol. The third-order valence-electron chi connectivity index (χ3n) is 10.9. The number of hydrogen-bond donors (Lipinski definition) is 0. The fourth-order valence-electron chi connectivity index (χ4n) is 8.30. The van der Waals surface area contributed by atoms with Gasteiger partial charge in [-0.25, -0.2) is 0 Å². The zero-order valence-electron chi connectivity index (χ0n) is 30.3. The van der Waals surface area contributed by atoms with Gasteiger partial charge in [-0.2, -0.15) is 0 Å². The fourth-order valence-corrected chi connectivity index (χ4v) is 8.30. The smallest absolute Gasteiger partial charge is 0.204 e. The van der Waals surface area contributed by atoms with Crippen LogP contribution in [0.3, 0.4) is 0 Å². The summed E-state index contributed by atoms with van der Waals surface area (Å²) >= 11 is 0. The Balaban J connectivity index is 1.13. The molecule has 56 heavy (non-hydrogen) atoms. The van der Waals surface area contributed by atoms with Crippen LogP contribution in [-0.2, 0) is 0 Å². The lowest BCUT2D eigenvalue weighted by atomic mass is 9.84. The molecule has 11 aromatic rings. The number of furan rings is 1. The maximum absolute atomic E-state index is 6.75. The van der Waals surface area contributed by atoms with E-state index in [1.54, 1.807) is 0 Å². The maximum Gasteiger partial charge on any atom is 0.204 e. The molecule has 0 spiro atoms. The number of rotatable bonds is 6. The topological polar surface area (TPSA) is 43.9 Å². The van der Waals surface area contributed by atoms with Crippen LogP contribution in [0.15, 0.2) is 205 Å². The van der Waals surface area contributed by atoms with Crippen molar-refractivity contribution in [2.24, 2.45) is 0 Å². The van der Waals surface area contributed by atoms with Crippen LogP contribution in [-0.4, -0.2) is 14.8 Å². The first-order valence-corrected chi connectivity index (χ1v) is 18.9. The maximum atomic E-state index is 6.75. The summed E-state index contributed by atoms with van der Waals surface area (Å²) in [6.45, 7) is 0. The molecule has 0 radical (unpaired) electrons. The molecule has 0 unspecified atom stereocenters. The van der Waals surface area contributed by atoms with E-state index in [0.717, 1.165) is 33.8 Å². The second-order valence-electron chi connectivity index (χ2n) is 14.2. The minimum atomic E-state index is 0.642. The van der Waals surface area contributed by atoms with E-state index in [9.17, 15) is 0 Å². The SMILES string of the molecule is c1ccc(-c2nnc(-c3ccc(-c4ccc5c(-c6ccc7ccccc7c6)c6ccccc6c(-c6ccc7ccccc7c6)c5c4)o3)n2-c2ccccc2)cc1. The van der Waals surface area contributed by atoms with Crippen molar-refractivity contribution in [3.63, 3.8) is 0 Å². The molecule has 0 atom stereocenters. The van der Waals surface area contributed by atoms with Crippen LogP contribution in [0.1, 0.15) is 0 Å². The van der Waals surface area contributed by atoms with Gasteiger partial charge >= 0.3 is 0 Å². The van der Waals surface area contributed by atoms with Crippen LogP contribution in [0, 0.1) is 0 Å². The summed E-state index contributed by atoms with van der Waals surface area (Å²) in [7, 11) is 0. The van der Waals surface area contributed by atoms with Crippen molar-refractivity contribution in [2.45, 2.75) is 0 Å². The molecule has 0 amide bonds. The molecular formula is C52H33N3O. The van der Waals surface area contributed by atoms with Crippen LogP contribution in [0.25, 0.3) is 105 Å². The molecule has 0 aliphatic rings. The lowest BCUT2D eigenvalue weighted by molar-refractivity contribution is 0.590. The van der Waals surface area contributed by atoms with Crippen LogP contribution in [0.2, 0.25) is 0 Å². The van der Waals surface area contributed by atoms with Gasteiger partial charge in [-0.15, -0.1) is 10.2 Å². The molecule has 0 fully saturated rings. The predicted octanol–water partition coefficient (Wildman–Crippen LogP) is 13.8. The summed E-state index contributed by atoms with van der Waals surface area (Å²) < 4.78 is 8.81. The summed E-state index contributed by atoms with van der Waals surface area (Å²) in [5, 5.41) is 19.0. The molecule has 0 saturated heterocycles. The van der Waals surface area contributed by atoms with Gasteiger partial charge in [-0.05, 0) is 108 Å². The zero-order chi connectivity index (χ0) is 37.0. The molecule has 2 heterocycles. The number of hydrogen-bond acceptors (Lipinski definition) is 3. The van der Waals surface area contributed by atoms with Gasteiger partial charge in [-0.3, -0.25) is 4.57 Å². The molecule has 0 N–H and O–H groups in total. The average molecular weight is 716 g/mol. The minimum absolute atomic E-state index is 0.642. The molecule has 9 aromatic carbocycles. The standard InChI is InChI=1S/C52H33N3O/c1-3-15-36(16-4-1)51-53-54-52(55(51)42-19-5-2-6-20-42)48-30-29-47(56-48)39-27-28-45-46(33-39)50(41-26-24-35-14-8-10-18-38(35)32-41)44-22-12-11-21-43(44)49(45)40-25-23-34-13-7-9-17-37(34)31-40/h1-33H. The lowest BCUT2D eigenvalue weighted by Crippen LogP contribution is -1.99. The van der Waals surface area contributed by atoms with Gasteiger partial charge in [-0.1, -0.05) is 158 Å². The molecule has 4 heteroatoms. The molecule has 0 bridgehead atoms. The first-order valence-electron chi connectivity index (χ1n) is 18.9. The Hall–Kier alpha value is -7.56. The van der Waals surface area contributed by atoms with E-state index in [1.165, 1.54) is 60.0 Å². The van der Waals surface area contributed by atoms with Crippen LogP contribution < -0.4 is 0 Å². The summed E-state index contributed by atoms with van der Waals surface area (Å²) in [5.41, 5.74) is 7.72. The van der Waals surface area contributed by atoms with Gasteiger partial charge in [0.2, 0.25) is 5.82 Å². The van der Waals surface area contributed by atoms with Crippen molar-refractivity contribution in [1.29, 1.82) is 0 Å². The quantitative estimate of drug-likeness (QED) is 0.161. The van der Waals surface area contributed by atoms with Crippen molar-refractivity contribution in [2.75, 3.05) is 0 Å². The Morgan fingerprint density at radius 3 is 1.48 bits per heavy atom. The van der Waals surface area contributed by atoms with Gasteiger partial charge in [0.05, 0.1) is 0 Å². The highest BCUT2D eigenvalue weighted by atomic mass is 16.3. The van der Waals surface area contributed by atoms with Crippen molar-refractivity contribution >= 4 is 43.1 Å². The molecule has 4 nitrogen and oxygen atoms in total. The average Bonchev–Trinajstić information content (AvgIpc) is 3.94. The Morgan fingerprint density at radius 1 is 0.321 bits per heavy atom. The van der Waals surface area contributed by atoms with Crippen molar-refractivity contribution in [1.82, 2.24) is 14.8 Å². The van der Waals surface area contributed by atoms with Gasteiger partial charge in [0, 0.05) is 16.8 Å². The second-order valence-corrected chi connectivity index (χ2v) is 14.2. The summed E-state index contributed by atoms with van der Waals surface area (Å²) in [6, 6.07) is 70.8. The highest BCUT2D eigenvalue weighted by Crippen LogP contribution is 2.46. The molecule has 0 aliphatic carbocycles. The van der Waals surface area contributed by atoms with E-state index < -0.39 is 0 Å². The van der Waals surface area contributed by atoms with Gasteiger partial charge in [0.15, 0.2) is 11.6 Å². The molecule has 262 valence electrons. The summed E-state index contributed by atoms with van der Waals surface area (Å²) in [4.78, 5) is 0. The van der Waals surface area contributed by atoms with Crippen LogP contribution in [0.5, 0.6) is 0 Å². The van der Waals surface area contributed by atoms with Crippen LogP contribution >= 0.6 is 0 Å². The summed E-state index contributed by atoms with van der Waals surface area (Å²) in [5.74, 6) is 2.80.